The molecule has 0 fully saturated rings. The van der Waals surface area contributed by atoms with Gasteiger partial charge in [0.05, 0.1) is 26.6 Å². The van der Waals surface area contributed by atoms with Crippen LogP contribution in [-0.2, 0) is 22.5 Å². The maximum absolute atomic E-state index is 13.3. The molecule has 2 aromatic carbocycles. The van der Waals surface area contributed by atoms with Gasteiger partial charge in [-0.15, -0.1) is 0 Å². The first-order valence-electron chi connectivity index (χ1n) is 9.27. The Morgan fingerprint density at radius 1 is 1.07 bits per heavy atom. The van der Waals surface area contributed by atoms with Crippen LogP contribution in [0.15, 0.2) is 59.4 Å². The zero-order valence-electron chi connectivity index (χ0n) is 16.7. The molecule has 0 aliphatic carbocycles. The van der Waals surface area contributed by atoms with Gasteiger partial charge in [-0.1, -0.05) is 54.1 Å². The van der Waals surface area contributed by atoms with E-state index in [2.05, 4.69) is 10.9 Å². The lowest BCUT2D eigenvalue weighted by Crippen LogP contribution is -2.24. The SMILES string of the molecule is [C-]#[N+]c1c(CC(=O)OC)cc(-c2ccccc2)n(Cc2ccc(C)cc2C)c1=O. The number of methoxy groups -OCH3 is 1. The molecule has 0 aliphatic rings. The molecule has 5 nitrogen and oxygen atoms in total. The van der Waals surface area contributed by atoms with E-state index in [1.54, 1.807) is 10.6 Å². The van der Waals surface area contributed by atoms with Crippen LogP contribution in [0.5, 0.6) is 0 Å². The Balaban J connectivity index is 2.24. The molecular weight excluding hydrogens is 364 g/mol. The van der Waals surface area contributed by atoms with E-state index in [4.69, 9.17) is 11.3 Å². The van der Waals surface area contributed by atoms with E-state index in [1.165, 1.54) is 7.11 Å². The van der Waals surface area contributed by atoms with Crippen molar-refractivity contribution in [3.8, 4) is 11.3 Å². The third-order valence-electron chi connectivity index (χ3n) is 4.92. The molecule has 0 saturated carbocycles. The number of benzene rings is 2. The molecule has 5 heteroatoms. The lowest BCUT2D eigenvalue weighted by atomic mass is 10.0. The first-order valence-corrected chi connectivity index (χ1v) is 9.27. The average molecular weight is 386 g/mol. The first-order chi connectivity index (χ1) is 13.9. The average Bonchev–Trinajstić information content (AvgIpc) is 2.72. The van der Waals surface area contributed by atoms with E-state index in [-0.39, 0.29) is 12.1 Å². The monoisotopic (exact) mass is 386 g/mol. The Morgan fingerprint density at radius 3 is 2.41 bits per heavy atom. The lowest BCUT2D eigenvalue weighted by Gasteiger charge is -2.18. The van der Waals surface area contributed by atoms with Gasteiger partial charge in [0.1, 0.15) is 0 Å². The fourth-order valence-electron chi connectivity index (χ4n) is 3.37. The number of rotatable bonds is 5. The summed E-state index contributed by atoms with van der Waals surface area (Å²) in [5.41, 5.74) is 4.69. The molecule has 1 aromatic heterocycles. The number of hydrogen-bond donors (Lipinski definition) is 0. The van der Waals surface area contributed by atoms with Gasteiger partial charge in [-0.2, -0.15) is 0 Å². The molecule has 0 amide bonds. The maximum atomic E-state index is 13.3. The fraction of sp³-hybridized carbons (Fsp3) is 0.208. The minimum atomic E-state index is -0.486. The number of carbonyl (C=O) groups excluding carboxylic acids is 1. The zero-order valence-corrected chi connectivity index (χ0v) is 16.7. The fourth-order valence-corrected chi connectivity index (χ4v) is 3.37. The van der Waals surface area contributed by atoms with Crippen LogP contribution < -0.4 is 5.56 Å². The quantitative estimate of drug-likeness (QED) is 0.481. The molecule has 0 saturated heterocycles. The highest BCUT2D eigenvalue weighted by molar-refractivity contribution is 5.77. The number of pyridine rings is 1. The van der Waals surface area contributed by atoms with E-state index >= 15 is 0 Å². The second-order valence-electron chi connectivity index (χ2n) is 6.96. The van der Waals surface area contributed by atoms with Crippen molar-refractivity contribution in [3.05, 3.63) is 98.6 Å². The topological polar surface area (TPSA) is 52.7 Å². The number of carbonyl (C=O) groups is 1. The summed E-state index contributed by atoms with van der Waals surface area (Å²) < 4.78 is 6.35. The van der Waals surface area contributed by atoms with Crippen molar-refractivity contribution in [3.63, 3.8) is 0 Å². The van der Waals surface area contributed by atoms with Gasteiger partial charge in [0.2, 0.25) is 0 Å². The van der Waals surface area contributed by atoms with Crippen LogP contribution in [0.4, 0.5) is 5.69 Å². The van der Waals surface area contributed by atoms with E-state index in [0.29, 0.717) is 17.8 Å². The molecule has 0 aliphatic heterocycles. The number of aryl methyl sites for hydroxylation is 2. The molecule has 146 valence electrons. The minimum absolute atomic E-state index is 0.0418. The Bertz CT molecular complexity index is 1160. The summed E-state index contributed by atoms with van der Waals surface area (Å²) in [6, 6.07) is 17.4. The van der Waals surface area contributed by atoms with Crippen LogP contribution in [-0.4, -0.2) is 17.6 Å². The second-order valence-corrected chi connectivity index (χ2v) is 6.96. The largest absolute Gasteiger partial charge is 0.469 e. The normalized spacial score (nSPS) is 10.4. The highest BCUT2D eigenvalue weighted by Crippen LogP contribution is 2.26. The van der Waals surface area contributed by atoms with Gasteiger partial charge < -0.3 is 9.30 Å². The molecule has 0 atom stereocenters. The summed E-state index contributed by atoms with van der Waals surface area (Å²) in [4.78, 5) is 28.5. The van der Waals surface area contributed by atoms with Gasteiger partial charge >= 0.3 is 5.97 Å². The number of esters is 1. The van der Waals surface area contributed by atoms with Crippen molar-refractivity contribution in [2.75, 3.05) is 7.11 Å². The van der Waals surface area contributed by atoms with Gasteiger partial charge in [0.25, 0.3) is 11.2 Å². The van der Waals surface area contributed by atoms with Crippen LogP contribution in [0.3, 0.4) is 0 Å². The van der Waals surface area contributed by atoms with Crippen molar-refractivity contribution < 1.29 is 9.53 Å². The van der Waals surface area contributed by atoms with Crippen molar-refractivity contribution in [2.45, 2.75) is 26.8 Å². The molecular formula is C24H22N2O3. The summed E-state index contributed by atoms with van der Waals surface area (Å²) in [5, 5.41) is 0. The summed E-state index contributed by atoms with van der Waals surface area (Å²) in [5.74, 6) is -0.486. The molecule has 0 spiro atoms. The second kappa shape index (κ2) is 8.57. The molecule has 29 heavy (non-hydrogen) atoms. The predicted molar refractivity (Wildman–Crippen MR) is 113 cm³/mol. The van der Waals surface area contributed by atoms with Crippen LogP contribution in [0.25, 0.3) is 16.1 Å². The van der Waals surface area contributed by atoms with Crippen LogP contribution in [0, 0.1) is 20.4 Å². The highest BCUT2D eigenvalue weighted by atomic mass is 16.5. The lowest BCUT2D eigenvalue weighted by molar-refractivity contribution is -0.139. The Hall–Kier alpha value is -3.65. The highest BCUT2D eigenvalue weighted by Gasteiger charge is 2.19. The predicted octanol–water partition coefficient (Wildman–Crippen LogP) is 4.45. The van der Waals surface area contributed by atoms with Crippen molar-refractivity contribution in [1.82, 2.24) is 4.57 Å². The summed E-state index contributed by atoms with van der Waals surface area (Å²) in [6.45, 7) is 11.9. The number of nitrogens with zero attached hydrogens (tertiary/aromatic N) is 2. The number of hydrogen-bond acceptors (Lipinski definition) is 3. The van der Waals surface area contributed by atoms with E-state index in [1.807, 2.05) is 56.3 Å². The van der Waals surface area contributed by atoms with Gasteiger partial charge in [-0.05, 0) is 42.2 Å². The molecule has 0 N–H and O–H groups in total. The summed E-state index contributed by atoms with van der Waals surface area (Å²) >= 11 is 0. The van der Waals surface area contributed by atoms with Gasteiger partial charge in [-0.3, -0.25) is 9.59 Å². The van der Waals surface area contributed by atoms with Gasteiger partial charge in [-0.25, -0.2) is 4.85 Å². The summed E-state index contributed by atoms with van der Waals surface area (Å²) in [7, 11) is 1.29. The third kappa shape index (κ3) is 4.27. The van der Waals surface area contributed by atoms with Crippen molar-refractivity contribution >= 4 is 11.7 Å². The van der Waals surface area contributed by atoms with Gasteiger partial charge in [0, 0.05) is 5.69 Å². The van der Waals surface area contributed by atoms with E-state index < -0.39 is 11.5 Å². The number of aromatic nitrogens is 1. The molecule has 0 unspecified atom stereocenters. The molecule has 3 rings (SSSR count). The van der Waals surface area contributed by atoms with Crippen LogP contribution >= 0.6 is 0 Å². The van der Waals surface area contributed by atoms with Crippen LogP contribution in [0.1, 0.15) is 22.3 Å². The Kier molecular flexibility index (Phi) is 5.94. The molecule has 0 radical (unpaired) electrons. The third-order valence-corrected chi connectivity index (χ3v) is 4.92. The zero-order chi connectivity index (χ0) is 21.0. The smallest absolute Gasteiger partial charge is 0.308 e. The summed E-state index contributed by atoms with van der Waals surface area (Å²) in [6.07, 6.45) is -0.117. The number of ether oxygens (including phenoxy) is 1. The molecule has 1 heterocycles. The Morgan fingerprint density at radius 2 is 1.79 bits per heavy atom. The molecule has 3 aromatic rings. The van der Waals surface area contributed by atoms with E-state index in [9.17, 15) is 9.59 Å². The van der Waals surface area contributed by atoms with Gasteiger partial charge in [0.15, 0.2) is 0 Å². The maximum Gasteiger partial charge on any atom is 0.308 e. The molecule has 0 bridgehead atoms. The standard InChI is InChI=1S/C24H22N2O3/c1-16-10-11-19(17(2)12-16)15-26-21(18-8-6-5-7-9-18)13-20(14-22(27)29-4)23(25-3)24(26)28/h5-13H,14-15H2,1-2,4H3. The van der Waals surface area contributed by atoms with Crippen molar-refractivity contribution in [1.29, 1.82) is 0 Å². The minimum Gasteiger partial charge on any atom is -0.469 e. The Labute approximate surface area is 170 Å². The van der Waals surface area contributed by atoms with E-state index in [0.717, 1.165) is 22.3 Å². The first kappa shape index (κ1) is 20.1. The van der Waals surface area contributed by atoms with Crippen molar-refractivity contribution in [2.24, 2.45) is 0 Å². The van der Waals surface area contributed by atoms with Crippen LogP contribution in [0.2, 0.25) is 0 Å².